The predicted octanol–water partition coefficient (Wildman–Crippen LogP) is 2.49. The van der Waals surface area contributed by atoms with Crippen molar-refractivity contribution in [1.82, 2.24) is 9.97 Å². The van der Waals surface area contributed by atoms with Gasteiger partial charge in [0.1, 0.15) is 11.6 Å². The molecule has 2 heterocycles. The standard InChI is InChI=1S/C26H28N6O3/c1-34-23-10-6-5-9-20(23)22(18-27)32(25(33)21(28)17-19-7-3-2-4-8-19)24-11-12-29-26(30-24)31-13-15-35-16-14-31/h2-12,21-22H,13-17,28H2,1H3/t21-,22?/m0/s1. The van der Waals surface area contributed by atoms with E-state index in [1.165, 1.54) is 12.0 Å². The van der Waals surface area contributed by atoms with Gasteiger partial charge >= 0.3 is 0 Å². The van der Waals surface area contributed by atoms with E-state index in [2.05, 4.69) is 16.0 Å². The van der Waals surface area contributed by atoms with E-state index in [1.807, 2.05) is 41.3 Å². The van der Waals surface area contributed by atoms with Crippen LogP contribution in [0, 0.1) is 11.3 Å². The van der Waals surface area contributed by atoms with Gasteiger partial charge in [-0.2, -0.15) is 10.2 Å². The molecule has 1 aromatic heterocycles. The molecular weight excluding hydrogens is 444 g/mol. The summed E-state index contributed by atoms with van der Waals surface area (Å²) in [6, 6.07) is 18.7. The highest BCUT2D eigenvalue weighted by molar-refractivity contribution is 5.98. The van der Waals surface area contributed by atoms with Crippen LogP contribution in [0.2, 0.25) is 0 Å². The lowest BCUT2D eigenvalue weighted by Crippen LogP contribution is -2.47. The topological polar surface area (TPSA) is 118 Å². The first-order chi connectivity index (χ1) is 17.1. The van der Waals surface area contributed by atoms with Crippen LogP contribution < -0.4 is 20.3 Å². The molecule has 35 heavy (non-hydrogen) atoms. The van der Waals surface area contributed by atoms with Crippen LogP contribution in [-0.2, 0) is 16.0 Å². The Hall–Kier alpha value is -4.00. The molecule has 3 aromatic rings. The fourth-order valence-corrected chi connectivity index (χ4v) is 4.05. The maximum atomic E-state index is 13.8. The van der Waals surface area contributed by atoms with Gasteiger partial charge in [-0.05, 0) is 24.1 Å². The first-order valence-corrected chi connectivity index (χ1v) is 11.4. The van der Waals surface area contributed by atoms with Gasteiger partial charge in [0.05, 0.1) is 32.4 Å². The number of benzene rings is 2. The first-order valence-electron chi connectivity index (χ1n) is 11.4. The van der Waals surface area contributed by atoms with Crippen LogP contribution in [0.5, 0.6) is 5.75 Å². The fourth-order valence-electron chi connectivity index (χ4n) is 4.05. The van der Waals surface area contributed by atoms with E-state index in [-0.39, 0.29) is 0 Å². The molecule has 1 amide bonds. The maximum absolute atomic E-state index is 13.8. The van der Waals surface area contributed by atoms with Gasteiger partial charge in [0.15, 0.2) is 6.04 Å². The van der Waals surface area contributed by atoms with Crippen molar-refractivity contribution in [3.63, 3.8) is 0 Å². The van der Waals surface area contributed by atoms with Gasteiger partial charge in [-0.1, -0.05) is 48.5 Å². The number of aromatic nitrogens is 2. The van der Waals surface area contributed by atoms with Gasteiger partial charge in [-0.25, -0.2) is 4.98 Å². The average molecular weight is 473 g/mol. The van der Waals surface area contributed by atoms with Crippen molar-refractivity contribution in [1.29, 1.82) is 5.26 Å². The van der Waals surface area contributed by atoms with Gasteiger partial charge in [0, 0.05) is 24.8 Å². The van der Waals surface area contributed by atoms with Crippen LogP contribution in [0.1, 0.15) is 17.2 Å². The number of hydrogen-bond acceptors (Lipinski definition) is 8. The Balaban J connectivity index is 1.74. The van der Waals surface area contributed by atoms with Gasteiger partial charge in [-0.15, -0.1) is 0 Å². The normalized spacial score (nSPS) is 15.1. The molecule has 1 aliphatic rings. The van der Waals surface area contributed by atoms with Crippen molar-refractivity contribution in [2.75, 3.05) is 43.2 Å². The Morgan fingerprint density at radius 2 is 1.89 bits per heavy atom. The average Bonchev–Trinajstić information content (AvgIpc) is 2.92. The molecule has 1 fully saturated rings. The first kappa shape index (κ1) is 24.1. The summed E-state index contributed by atoms with van der Waals surface area (Å²) in [6.45, 7) is 2.42. The molecule has 9 nitrogen and oxygen atoms in total. The van der Waals surface area contributed by atoms with Crippen molar-refractivity contribution in [2.24, 2.45) is 5.73 Å². The molecule has 4 rings (SSSR count). The van der Waals surface area contributed by atoms with Gasteiger partial charge < -0.3 is 20.1 Å². The minimum Gasteiger partial charge on any atom is -0.496 e. The molecule has 1 aliphatic heterocycles. The Kier molecular flexibility index (Phi) is 7.88. The van der Waals surface area contributed by atoms with Gasteiger partial charge in [-0.3, -0.25) is 9.69 Å². The van der Waals surface area contributed by atoms with Crippen LogP contribution in [-0.4, -0.2) is 55.3 Å². The second-order valence-electron chi connectivity index (χ2n) is 8.09. The smallest absolute Gasteiger partial charge is 0.246 e. The lowest BCUT2D eigenvalue weighted by molar-refractivity contribution is -0.120. The zero-order chi connectivity index (χ0) is 24.6. The van der Waals surface area contributed by atoms with Crippen molar-refractivity contribution in [3.05, 3.63) is 78.0 Å². The minimum atomic E-state index is -1.01. The number of nitriles is 1. The molecule has 2 N–H and O–H groups in total. The van der Waals surface area contributed by atoms with Crippen molar-refractivity contribution in [3.8, 4) is 11.8 Å². The third-order valence-corrected chi connectivity index (χ3v) is 5.84. The number of methoxy groups -OCH3 is 1. The van der Waals surface area contributed by atoms with Gasteiger partial charge in [0.25, 0.3) is 0 Å². The molecule has 2 atom stereocenters. The number of carbonyl (C=O) groups excluding carboxylic acids is 1. The molecule has 0 saturated carbocycles. The second kappa shape index (κ2) is 11.4. The van der Waals surface area contributed by atoms with Crippen LogP contribution in [0.25, 0.3) is 0 Å². The summed E-state index contributed by atoms with van der Waals surface area (Å²) in [4.78, 5) is 26.2. The van der Waals surface area contributed by atoms with E-state index < -0.39 is 18.0 Å². The monoisotopic (exact) mass is 472 g/mol. The number of rotatable bonds is 8. The lowest BCUT2D eigenvalue weighted by atomic mass is 10.0. The molecular formula is C26H28N6O3. The van der Waals surface area contributed by atoms with E-state index in [9.17, 15) is 10.1 Å². The van der Waals surface area contributed by atoms with E-state index in [1.54, 1.807) is 30.5 Å². The Morgan fingerprint density at radius 3 is 2.60 bits per heavy atom. The zero-order valence-electron chi connectivity index (χ0n) is 19.6. The molecule has 1 unspecified atom stereocenters. The summed E-state index contributed by atoms with van der Waals surface area (Å²) < 4.78 is 10.9. The quantitative estimate of drug-likeness (QED) is 0.531. The molecule has 0 bridgehead atoms. The summed E-state index contributed by atoms with van der Waals surface area (Å²) in [7, 11) is 1.53. The number of hydrogen-bond donors (Lipinski definition) is 1. The van der Waals surface area contributed by atoms with Crippen LogP contribution in [0.15, 0.2) is 66.9 Å². The minimum absolute atomic E-state index is 0.299. The predicted molar refractivity (Wildman–Crippen MR) is 132 cm³/mol. The summed E-state index contributed by atoms with van der Waals surface area (Å²) in [5.74, 6) is 0.846. The van der Waals surface area contributed by atoms with E-state index >= 15 is 0 Å². The molecule has 9 heteroatoms. The van der Waals surface area contributed by atoms with Crippen molar-refractivity contribution in [2.45, 2.75) is 18.5 Å². The van der Waals surface area contributed by atoms with E-state index in [0.717, 1.165) is 5.56 Å². The molecule has 2 aromatic carbocycles. The molecule has 0 radical (unpaired) electrons. The summed E-state index contributed by atoms with van der Waals surface area (Å²) in [6.07, 6.45) is 1.91. The third-order valence-electron chi connectivity index (χ3n) is 5.84. The number of carbonyl (C=O) groups is 1. The number of para-hydroxylation sites is 1. The van der Waals surface area contributed by atoms with Crippen LogP contribution in [0.3, 0.4) is 0 Å². The Labute approximate surface area is 204 Å². The number of anilines is 2. The Bertz CT molecular complexity index is 1180. The van der Waals surface area contributed by atoms with Crippen molar-refractivity contribution < 1.29 is 14.3 Å². The molecule has 0 aliphatic carbocycles. The number of nitrogens with zero attached hydrogens (tertiary/aromatic N) is 5. The zero-order valence-corrected chi connectivity index (χ0v) is 19.6. The second-order valence-corrected chi connectivity index (χ2v) is 8.09. The van der Waals surface area contributed by atoms with Crippen LogP contribution >= 0.6 is 0 Å². The van der Waals surface area contributed by atoms with Crippen LogP contribution in [0.4, 0.5) is 11.8 Å². The molecule has 1 saturated heterocycles. The SMILES string of the molecule is COc1ccccc1C(C#N)N(C(=O)[C@@H](N)Cc1ccccc1)c1ccnc(N2CCOCC2)n1. The summed E-state index contributed by atoms with van der Waals surface area (Å²) >= 11 is 0. The summed E-state index contributed by atoms with van der Waals surface area (Å²) in [5, 5.41) is 10.3. The van der Waals surface area contributed by atoms with E-state index in [0.29, 0.717) is 55.8 Å². The highest BCUT2D eigenvalue weighted by atomic mass is 16.5. The number of nitrogens with two attached hydrogens (primary N) is 1. The number of morpholine rings is 1. The third kappa shape index (κ3) is 5.57. The molecule has 0 spiro atoms. The largest absolute Gasteiger partial charge is 0.496 e. The van der Waals surface area contributed by atoms with Crippen molar-refractivity contribution >= 4 is 17.7 Å². The maximum Gasteiger partial charge on any atom is 0.246 e. The number of amides is 1. The Morgan fingerprint density at radius 1 is 1.17 bits per heavy atom. The highest BCUT2D eigenvalue weighted by Gasteiger charge is 2.33. The number of ether oxygens (including phenoxy) is 2. The highest BCUT2D eigenvalue weighted by Crippen LogP contribution is 2.33. The molecule has 180 valence electrons. The lowest BCUT2D eigenvalue weighted by Gasteiger charge is -2.31. The van der Waals surface area contributed by atoms with Gasteiger partial charge in [0.2, 0.25) is 11.9 Å². The fraction of sp³-hybridized carbons (Fsp3) is 0.308. The van der Waals surface area contributed by atoms with E-state index in [4.69, 9.17) is 15.2 Å². The summed E-state index contributed by atoms with van der Waals surface area (Å²) in [5.41, 5.74) is 7.88.